The minimum absolute atomic E-state index is 0.268. The Morgan fingerprint density at radius 2 is 2.25 bits per heavy atom. The fourth-order valence-electron chi connectivity index (χ4n) is 2.00. The summed E-state index contributed by atoms with van der Waals surface area (Å²) in [5.41, 5.74) is 2.20. The van der Waals surface area contributed by atoms with Gasteiger partial charge in [0.1, 0.15) is 10.7 Å². The molecule has 0 aliphatic rings. The number of hydrogen-bond donors (Lipinski definition) is 1. The highest BCUT2D eigenvalue weighted by atomic mass is 35.5. The van der Waals surface area contributed by atoms with Gasteiger partial charge < -0.3 is 5.32 Å². The van der Waals surface area contributed by atoms with Crippen molar-refractivity contribution in [3.8, 4) is 0 Å². The van der Waals surface area contributed by atoms with Crippen molar-refractivity contribution in [3.05, 3.63) is 40.5 Å². The number of anilines is 1. The number of nitrogens with zero attached hydrogens (tertiary/aromatic N) is 3. The molecular weight excluding hydrogens is 292 g/mol. The first-order valence-corrected chi connectivity index (χ1v) is 7.77. The summed E-state index contributed by atoms with van der Waals surface area (Å²) >= 11 is 7.46. The summed E-state index contributed by atoms with van der Waals surface area (Å²) in [5, 5.41) is 9.32. The van der Waals surface area contributed by atoms with E-state index in [1.165, 1.54) is 17.1 Å². The van der Waals surface area contributed by atoms with E-state index in [9.17, 15) is 0 Å². The van der Waals surface area contributed by atoms with Crippen molar-refractivity contribution in [1.29, 1.82) is 0 Å². The van der Waals surface area contributed by atoms with Gasteiger partial charge in [0.05, 0.1) is 0 Å². The number of benzene rings is 1. The molecule has 0 amide bonds. The van der Waals surface area contributed by atoms with E-state index in [4.69, 9.17) is 11.6 Å². The van der Waals surface area contributed by atoms with Crippen molar-refractivity contribution < 1.29 is 0 Å². The Balaban J connectivity index is 2.07. The highest BCUT2D eigenvalue weighted by molar-refractivity contribution is 7.10. The number of nitrogens with one attached hydrogen (secondary N) is 1. The zero-order chi connectivity index (χ0) is 14.5. The van der Waals surface area contributed by atoms with E-state index >= 15 is 0 Å². The van der Waals surface area contributed by atoms with Crippen molar-refractivity contribution in [2.75, 3.05) is 18.9 Å². The predicted molar refractivity (Wildman–Crippen MR) is 85.4 cm³/mol. The molecule has 4 nitrogen and oxygen atoms in total. The second kappa shape index (κ2) is 7.02. The van der Waals surface area contributed by atoms with Crippen molar-refractivity contribution >= 4 is 28.1 Å². The van der Waals surface area contributed by atoms with Crippen LogP contribution in [0.5, 0.6) is 0 Å². The number of aromatic nitrogens is 2. The van der Waals surface area contributed by atoms with Crippen LogP contribution in [0.2, 0.25) is 5.02 Å². The maximum atomic E-state index is 6.05. The van der Waals surface area contributed by atoms with Crippen LogP contribution in [0.3, 0.4) is 0 Å². The maximum absolute atomic E-state index is 6.05. The van der Waals surface area contributed by atoms with E-state index in [-0.39, 0.29) is 6.04 Å². The third-order valence-electron chi connectivity index (χ3n) is 3.28. The highest BCUT2D eigenvalue weighted by Crippen LogP contribution is 2.25. The third-order valence-corrected chi connectivity index (χ3v) is 4.25. The zero-order valence-corrected chi connectivity index (χ0v) is 13.5. The molecule has 108 valence electrons. The van der Waals surface area contributed by atoms with Crippen molar-refractivity contribution in [2.24, 2.45) is 0 Å². The predicted octanol–water partition coefficient (Wildman–Crippen LogP) is 3.82. The van der Waals surface area contributed by atoms with Crippen LogP contribution in [0.25, 0.3) is 0 Å². The van der Waals surface area contributed by atoms with Crippen LogP contribution in [0, 0.1) is 0 Å². The molecule has 6 heteroatoms. The van der Waals surface area contributed by atoms with Gasteiger partial charge in [0, 0.05) is 35.7 Å². The minimum Gasteiger partial charge on any atom is -0.374 e. The second-order valence-corrected chi connectivity index (χ2v) is 5.92. The Bertz CT molecular complexity index is 558. The maximum Gasteiger partial charge on any atom is 0.134 e. The summed E-state index contributed by atoms with van der Waals surface area (Å²) in [6.45, 7) is 5.87. The molecule has 1 N–H and O–H groups in total. The lowest BCUT2D eigenvalue weighted by molar-refractivity contribution is 0.250. The minimum atomic E-state index is 0.268. The van der Waals surface area contributed by atoms with E-state index in [1.807, 2.05) is 18.2 Å². The zero-order valence-electron chi connectivity index (χ0n) is 11.9. The van der Waals surface area contributed by atoms with Crippen LogP contribution in [-0.2, 0) is 6.54 Å². The van der Waals surface area contributed by atoms with Crippen molar-refractivity contribution in [1.82, 2.24) is 14.5 Å². The van der Waals surface area contributed by atoms with Crippen molar-refractivity contribution in [2.45, 2.75) is 26.4 Å². The molecule has 2 aromatic rings. The number of rotatable bonds is 6. The fourth-order valence-corrected chi connectivity index (χ4v) is 2.84. The highest BCUT2D eigenvalue weighted by Gasteiger charge is 2.16. The molecule has 1 unspecified atom stereocenters. The molecule has 20 heavy (non-hydrogen) atoms. The van der Waals surface area contributed by atoms with Crippen LogP contribution in [-0.4, -0.2) is 28.1 Å². The van der Waals surface area contributed by atoms with Crippen LogP contribution in [0.15, 0.2) is 24.3 Å². The molecule has 0 aliphatic carbocycles. The normalized spacial score (nSPS) is 12.7. The number of hydrogen-bond acceptors (Lipinski definition) is 5. The SMILES string of the molecule is CCNc1snnc1CN(C)C(C)c1cccc(Cl)c1. The standard InChI is InChI=1S/C14H19ClN4S/c1-4-16-14-13(17-18-20-14)9-19(3)10(2)11-6-5-7-12(15)8-11/h5-8,10,16H,4,9H2,1-3H3. The molecule has 0 fully saturated rings. The Kier molecular flexibility index (Phi) is 5.34. The van der Waals surface area contributed by atoms with Crippen LogP contribution >= 0.6 is 23.1 Å². The van der Waals surface area contributed by atoms with Gasteiger partial charge in [-0.05, 0) is 38.6 Å². The van der Waals surface area contributed by atoms with E-state index in [1.54, 1.807) is 0 Å². The Morgan fingerprint density at radius 1 is 1.45 bits per heavy atom. The largest absolute Gasteiger partial charge is 0.374 e. The quantitative estimate of drug-likeness (QED) is 0.880. The molecule has 0 saturated carbocycles. The first kappa shape index (κ1) is 15.2. The van der Waals surface area contributed by atoms with E-state index in [0.717, 1.165) is 28.8 Å². The van der Waals surface area contributed by atoms with E-state index < -0.39 is 0 Å². The van der Waals surface area contributed by atoms with Gasteiger partial charge in [0.25, 0.3) is 0 Å². The molecule has 0 aliphatic heterocycles. The summed E-state index contributed by atoms with van der Waals surface area (Å²) in [7, 11) is 2.08. The average Bonchev–Trinajstić information content (AvgIpc) is 2.85. The fraction of sp³-hybridized carbons (Fsp3) is 0.429. The molecular formula is C14H19ClN4S. The lowest BCUT2D eigenvalue weighted by atomic mass is 10.1. The Labute approximate surface area is 128 Å². The molecule has 0 saturated heterocycles. The van der Waals surface area contributed by atoms with E-state index in [2.05, 4.69) is 46.8 Å². The molecule has 0 spiro atoms. The van der Waals surface area contributed by atoms with Gasteiger partial charge in [-0.15, -0.1) is 5.10 Å². The molecule has 2 rings (SSSR count). The molecule has 0 bridgehead atoms. The lowest BCUT2D eigenvalue weighted by Crippen LogP contribution is -2.22. The first-order valence-electron chi connectivity index (χ1n) is 6.62. The molecule has 1 aromatic carbocycles. The van der Waals surface area contributed by atoms with Gasteiger partial charge in [-0.3, -0.25) is 4.90 Å². The lowest BCUT2D eigenvalue weighted by Gasteiger charge is -2.24. The van der Waals surface area contributed by atoms with Gasteiger partial charge in [0.15, 0.2) is 0 Å². The van der Waals surface area contributed by atoms with Gasteiger partial charge >= 0.3 is 0 Å². The Hall–Kier alpha value is -1.17. The molecule has 1 atom stereocenters. The summed E-state index contributed by atoms with van der Waals surface area (Å²) in [6.07, 6.45) is 0. The van der Waals surface area contributed by atoms with Crippen LogP contribution in [0.1, 0.15) is 31.1 Å². The van der Waals surface area contributed by atoms with Gasteiger partial charge in [0.2, 0.25) is 0 Å². The summed E-state index contributed by atoms with van der Waals surface area (Å²) in [6, 6.07) is 8.25. The molecule has 0 radical (unpaired) electrons. The van der Waals surface area contributed by atoms with E-state index in [0.29, 0.717) is 0 Å². The Morgan fingerprint density at radius 3 is 2.95 bits per heavy atom. The van der Waals surface area contributed by atoms with Crippen LogP contribution in [0.4, 0.5) is 5.00 Å². The summed E-state index contributed by atoms with van der Waals surface area (Å²) in [5.74, 6) is 0. The number of halogens is 1. The molecule has 1 aromatic heterocycles. The monoisotopic (exact) mass is 310 g/mol. The first-order chi connectivity index (χ1) is 9.61. The smallest absolute Gasteiger partial charge is 0.134 e. The van der Waals surface area contributed by atoms with Gasteiger partial charge in [-0.25, -0.2) is 0 Å². The van der Waals surface area contributed by atoms with Crippen molar-refractivity contribution in [3.63, 3.8) is 0 Å². The summed E-state index contributed by atoms with van der Waals surface area (Å²) in [4.78, 5) is 2.24. The van der Waals surface area contributed by atoms with Crippen LogP contribution < -0.4 is 5.32 Å². The third kappa shape index (κ3) is 3.69. The molecule has 1 heterocycles. The van der Waals surface area contributed by atoms with Gasteiger partial charge in [-0.2, -0.15) is 0 Å². The average molecular weight is 311 g/mol. The van der Waals surface area contributed by atoms with Gasteiger partial charge in [-0.1, -0.05) is 28.2 Å². The second-order valence-electron chi connectivity index (χ2n) is 4.73. The topological polar surface area (TPSA) is 41.1 Å². The summed E-state index contributed by atoms with van der Waals surface area (Å²) < 4.78 is 4.02.